The molecule has 1 atom stereocenters. The van der Waals surface area contributed by atoms with Gasteiger partial charge < -0.3 is 10.0 Å². The molecule has 114 valence electrons. The second kappa shape index (κ2) is 8.49. The summed E-state index contributed by atoms with van der Waals surface area (Å²) in [5.41, 5.74) is 2.02. The second-order valence-electron chi connectivity index (χ2n) is 5.70. The van der Waals surface area contributed by atoms with Crippen LogP contribution in [0, 0.1) is 23.7 Å². The smallest absolute Gasteiger partial charge is 0.225 e. The Kier molecular flexibility index (Phi) is 6.98. The first-order valence-electron chi connectivity index (χ1n) is 7.39. The number of aliphatic hydroxyl groups is 1. The predicted octanol–water partition coefficient (Wildman–Crippen LogP) is 2.67. The molecule has 1 unspecified atom stereocenters. The monoisotopic (exact) mass is 287 g/mol. The molecule has 0 radical (unpaired) electrons. The van der Waals surface area contributed by atoms with Crippen LogP contribution >= 0.6 is 0 Å². The second-order valence-corrected chi connectivity index (χ2v) is 5.70. The molecule has 0 aromatic heterocycles. The minimum Gasteiger partial charge on any atom is -0.395 e. The molecule has 1 N–H and O–H groups in total. The highest BCUT2D eigenvalue weighted by Gasteiger charge is 2.20. The first-order valence-corrected chi connectivity index (χ1v) is 7.39. The lowest BCUT2D eigenvalue weighted by Crippen LogP contribution is -2.33. The fourth-order valence-corrected chi connectivity index (χ4v) is 1.90. The number of carbonyl (C=O) groups excluding carboxylic acids is 1. The van der Waals surface area contributed by atoms with Gasteiger partial charge in [-0.3, -0.25) is 4.79 Å². The lowest BCUT2D eigenvalue weighted by Gasteiger charge is -2.23. The van der Waals surface area contributed by atoms with Gasteiger partial charge in [0.25, 0.3) is 0 Å². The molecule has 0 saturated heterocycles. The zero-order chi connectivity index (χ0) is 15.8. The van der Waals surface area contributed by atoms with Crippen molar-refractivity contribution >= 4 is 5.91 Å². The fourth-order valence-electron chi connectivity index (χ4n) is 1.90. The number of carbonyl (C=O) groups is 1. The fraction of sp³-hybridized carbons (Fsp3) is 0.500. The Hall–Kier alpha value is -1.79. The minimum atomic E-state index is 0.0404. The van der Waals surface area contributed by atoms with Gasteiger partial charge in [0.2, 0.25) is 5.91 Å². The molecule has 1 aromatic rings. The number of nitrogens with zero attached hydrogens (tertiary/aromatic N) is 1. The molecular formula is C18H25NO2. The summed E-state index contributed by atoms with van der Waals surface area (Å²) in [5, 5.41) is 8.68. The Morgan fingerprint density at radius 2 is 1.86 bits per heavy atom. The Balaban J connectivity index is 2.64. The van der Waals surface area contributed by atoms with E-state index in [-0.39, 0.29) is 18.4 Å². The largest absolute Gasteiger partial charge is 0.395 e. The zero-order valence-corrected chi connectivity index (χ0v) is 13.4. The normalized spacial score (nSPS) is 11.7. The van der Waals surface area contributed by atoms with E-state index in [1.165, 1.54) is 0 Å². The average molecular weight is 287 g/mol. The number of hydrogen-bond acceptors (Lipinski definition) is 2. The van der Waals surface area contributed by atoms with Gasteiger partial charge in [0, 0.05) is 31.5 Å². The average Bonchev–Trinajstić information content (AvgIpc) is 2.47. The Bertz CT molecular complexity index is 508. The standard InChI is InChI=1S/C18H25NO2/c1-14(2)15(3)18(21)19(4)13-17-10-8-16(9-11-17)7-5-6-12-20/h8-11,14-15,20H,6,12-13H2,1-4H3. The van der Waals surface area contributed by atoms with Gasteiger partial charge in [-0.15, -0.1) is 0 Å². The molecule has 3 nitrogen and oxygen atoms in total. The molecular weight excluding hydrogens is 262 g/mol. The molecule has 0 spiro atoms. The van der Waals surface area contributed by atoms with Gasteiger partial charge in [0.15, 0.2) is 0 Å². The van der Waals surface area contributed by atoms with Crippen molar-refractivity contribution in [2.24, 2.45) is 11.8 Å². The quantitative estimate of drug-likeness (QED) is 0.846. The SMILES string of the molecule is CC(C)C(C)C(=O)N(C)Cc1ccc(C#CCCO)cc1. The van der Waals surface area contributed by atoms with Crippen LogP contribution in [0.25, 0.3) is 0 Å². The summed E-state index contributed by atoms with van der Waals surface area (Å²) in [4.78, 5) is 14.0. The maximum atomic E-state index is 12.2. The highest BCUT2D eigenvalue weighted by atomic mass is 16.2. The third-order valence-corrected chi connectivity index (χ3v) is 3.61. The van der Waals surface area contributed by atoms with E-state index in [2.05, 4.69) is 25.7 Å². The molecule has 3 heteroatoms. The molecule has 0 aliphatic carbocycles. The van der Waals surface area contributed by atoms with Crippen LogP contribution < -0.4 is 0 Å². The molecule has 0 saturated carbocycles. The Morgan fingerprint density at radius 1 is 1.24 bits per heavy atom. The molecule has 1 amide bonds. The molecule has 0 bridgehead atoms. The first kappa shape index (κ1) is 17.3. The topological polar surface area (TPSA) is 40.5 Å². The maximum absolute atomic E-state index is 12.2. The summed E-state index contributed by atoms with van der Waals surface area (Å²) >= 11 is 0. The van der Waals surface area contributed by atoms with E-state index < -0.39 is 0 Å². The minimum absolute atomic E-state index is 0.0404. The molecule has 0 aliphatic heterocycles. The van der Waals surface area contributed by atoms with E-state index in [0.717, 1.165) is 11.1 Å². The maximum Gasteiger partial charge on any atom is 0.225 e. The first-order chi connectivity index (χ1) is 9.95. The third-order valence-electron chi connectivity index (χ3n) is 3.61. The van der Waals surface area contributed by atoms with Crippen molar-refractivity contribution in [3.8, 4) is 11.8 Å². The Morgan fingerprint density at radius 3 is 2.38 bits per heavy atom. The highest BCUT2D eigenvalue weighted by molar-refractivity contribution is 5.78. The van der Waals surface area contributed by atoms with Crippen LogP contribution in [0.2, 0.25) is 0 Å². The van der Waals surface area contributed by atoms with Crippen LogP contribution in [0.4, 0.5) is 0 Å². The number of amides is 1. The molecule has 21 heavy (non-hydrogen) atoms. The molecule has 0 aliphatic rings. The van der Waals surface area contributed by atoms with Gasteiger partial charge in [-0.2, -0.15) is 0 Å². The van der Waals surface area contributed by atoms with Crippen molar-refractivity contribution in [1.82, 2.24) is 4.90 Å². The van der Waals surface area contributed by atoms with Crippen LogP contribution in [0.15, 0.2) is 24.3 Å². The number of rotatable bonds is 5. The molecule has 0 fully saturated rings. The number of benzene rings is 1. The lowest BCUT2D eigenvalue weighted by atomic mass is 9.96. The summed E-state index contributed by atoms with van der Waals surface area (Å²) in [6.07, 6.45) is 0.492. The molecule has 0 heterocycles. The van der Waals surface area contributed by atoms with Gasteiger partial charge >= 0.3 is 0 Å². The van der Waals surface area contributed by atoms with E-state index >= 15 is 0 Å². The van der Waals surface area contributed by atoms with E-state index in [0.29, 0.717) is 18.9 Å². The molecule has 1 rings (SSSR count). The summed E-state index contributed by atoms with van der Waals surface area (Å²) in [6.45, 7) is 6.81. The van der Waals surface area contributed by atoms with Crippen LogP contribution in [-0.4, -0.2) is 29.6 Å². The molecule has 1 aromatic carbocycles. The Labute approximate surface area is 128 Å². The van der Waals surface area contributed by atoms with E-state index in [1.54, 1.807) is 4.90 Å². The van der Waals surface area contributed by atoms with Crippen molar-refractivity contribution in [3.63, 3.8) is 0 Å². The van der Waals surface area contributed by atoms with Crippen molar-refractivity contribution in [2.45, 2.75) is 33.7 Å². The van der Waals surface area contributed by atoms with Crippen LogP contribution in [0.3, 0.4) is 0 Å². The summed E-state index contributed by atoms with van der Waals surface area (Å²) in [7, 11) is 1.84. The van der Waals surface area contributed by atoms with Crippen molar-refractivity contribution in [1.29, 1.82) is 0 Å². The van der Waals surface area contributed by atoms with Crippen molar-refractivity contribution < 1.29 is 9.90 Å². The van der Waals surface area contributed by atoms with Crippen molar-refractivity contribution in [2.75, 3.05) is 13.7 Å². The van der Waals surface area contributed by atoms with Gasteiger partial charge in [0.05, 0.1) is 6.61 Å². The summed E-state index contributed by atoms with van der Waals surface area (Å²) in [6, 6.07) is 7.88. The summed E-state index contributed by atoms with van der Waals surface area (Å²) in [5.74, 6) is 6.45. The highest BCUT2D eigenvalue weighted by Crippen LogP contribution is 2.14. The third kappa shape index (κ3) is 5.61. The van der Waals surface area contributed by atoms with Crippen LogP contribution in [0.1, 0.15) is 38.3 Å². The van der Waals surface area contributed by atoms with Gasteiger partial charge in [0.1, 0.15) is 0 Å². The van der Waals surface area contributed by atoms with Gasteiger partial charge in [-0.25, -0.2) is 0 Å². The van der Waals surface area contributed by atoms with Crippen LogP contribution in [-0.2, 0) is 11.3 Å². The van der Waals surface area contributed by atoms with Crippen LogP contribution in [0.5, 0.6) is 0 Å². The van der Waals surface area contributed by atoms with Crippen molar-refractivity contribution in [3.05, 3.63) is 35.4 Å². The number of aliphatic hydroxyl groups excluding tert-OH is 1. The number of hydrogen-bond donors (Lipinski definition) is 1. The van der Waals surface area contributed by atoms with Gasteiger partial charge in [-0.05, 0) is 23.6 Å². The zero-order valence-electron chi connectivity index (χ0n) is 13.4. The summed E-state index contributed by atoms with van der Waals surface area (Å²) < 4.78 is 0. The van der Waals surface area contributed by atoms with E-state index in [4.69, 9.17) is 5.11 Å². The predicted molar refractivity (Wildman–Crippen MR) is 85.5 cm³/mol. The van der Waals surface area contributed by atoms with Gasteiger partial charge in [-0.1, -0.05) is 44.7 Å². The lowest BCUT2D eigenvalue weighted by molar-refractivity contribution is -0.135. The van der Waals surface area contributed by atoms with E-state index in [1.807, 2.05) is 38.2 Å². The van der Waals surface area contributed by atoms with E-state index in [9.17, 15) is 4.79 Å².